The van der Waals surface area contributed by atoms with Gasteiger partial charge in [0.05, 0.1) is 17.1 Å². The van der Waals surface area contributed by atoms with Crippen LogP contribution in [0.4, 0.5) is 5.82 Å². The standard InChI is InChI=1S/C12H17N3O2S2/c1-8-4-5-10(11(13)18)12(14-8)15-9-3-2-6-19(16,17)7-9/h4-5,9H,2-3,6-7H2,1H3,(H2,13,18)(H,14,15). The Morgan fingerprint density at radius 1 is 1.53 bits per heavy atom. The Labute approximate surface area is 118 Å². The summed E-state index contributed by atoms with van der Waals surface area (Å²) < 4.78 is 23.3. The molecule has 7 heteroatoms. The van der Waals surface area contributed by atoms with Crippen molar-refractivity contribution in [2.24, 2.45) is 5.73 Å². The van der Waals surface area contributed by atoms with E-state index in [9.17, 15) is 8.42 Å². The quantitative estimate of drug-likeness (QED) is 0.810. The van der Waals surface area contributed by atoms with Crippen molar-refractivity contribution in [1.29, 1.82) is 0 Å². The van der Waals surface area contributed by atoms with Crippen LogP contribution in [0.15, 0.2) is 12.1 Å². The van der Waals surface area contributed by atoms with Crippen molar-refractivity contribution in [3.8, 4) is 0 Å². The van der Waals surface area contributed by atoms with Gasteiger partial charge in [-0.25, -0.2) is 13.4 Å². The Kier molecular flexibility index (Phi) is 4.05. The molecule has 104 valence electrons. The van der Waals surface area contributed by atoms with Gasteiger partial charge in [0.15, 0.2) is 9.84 Å². The van der Waals surface area contributed by atoms with Crippen LogP contribution in [-0.4, -0.2) is 35.9 Å². The van der Waals surface area contributed by atoms with Crippen molar-refractivity contribution >= 4 is 32.9 Å². The summed E-state index contributed by atoms with van der Waals surface area (Å²) in [4.78, 5) is 4.62. The molecule has 0 saturated carbocycles. The fourth-order valence-corrected chi connectivity index (χ4v) is 4.00. The molecule has 0 amide bonds. The number of thiocarbonyl (C=S) groups is 1. The van der Waals surface area contributed by atoms with Crippen LogP contribution >= 0.6 is 12.2 Å². The first-order valence-electron chi connectivity index (χ1n) is 6.12. The third kappa shape index (κ3) is 3.63. The minimum atomic E-state index is -2.95. The van der Waals surface area contributed by atoms with E-state index in [1.807, 2.05) is 19.1 Å². The number of nitrogens with two attached hydrogens (primary N) is 1. The zero-order valence-corrected chi connectivity index (χ0v) is 12.4. The van der Waals surface area contributed by atoms with Gasteiger partial charge in [-0.1, -0.05) is 12.2 Å². The Hall–Kier alpha value is -1.21. The minimum Gasteiger partial charge on any atom is -0.389 e. The molecule has 1 aliphatic heterocycles. The van der Waals surface area contributed by atoms with Crippen LogP contribution in [0.25, 0.3) is 0 Å². The van der Waals surface area contributed by atoms with Crippen LogP contribution in [0, 0.1) is 6.92 Å². The van der Waals surface area contributed by atoms with E-state index >= 15 is 0 Å². The van der Waals surface area contributed by atoms with Crippen molar-refractivity contribution < 1.29 is 8.42 Å². The number of sulfone groups is 1. The van der Waals surface area contributed by atoms with E-state index in [2.05, 4.69) is 10.3 Å². The third-order valence-electron chi connectivity index (χ3n) is 3.10. The minimum absolute atomic E-state index is 0.124. The van der Waals surface area contributed by atoms with E-state index in [0.717, 1.165) is 12.1 Å². The molecule has 0 radical (unpaired) electrons. The van der Waals surface area contributed by atoms with E-state index in [0.29, 0.717) is 17.8 Å². The van der Waals surface area contributed by atoms with Crippen molar-refractivity contribution in [2.75, 3.05) is 16.8 Å². The lowest BCUT2D eigenvalue weighted by Crippen LogP contribution is -2.35. The van der Waals surface area contributed by atoms with Crippen molar-refractivity contribution in [3.63, 3.8) is 0 Å². The van der Waals surface area contributed by atoms with Crippen LogP contribution in [0.1, 0.15) is 24.1 Å². The van der Waals surface area contributed by atoms with Crippen LogP contribution in [-0.2, 0) is 9.84 Å². The van der Waals surface area contributed by atoms with Gasteiger partial charge in [0.25, 0.3) is 0 Å². The second-order valence-corrected chi connectivity index (χ2v) is 7.48. The fraction of sp³-hybridized carbons (Fsp3) is 0.500. The lowest BCUT2D eigenvalue weighted by molar-refractivity contribution is 0.561. The molecular weight excluding hydrogens is 282 g/mol. The molecule has 1 saturated heterocycles. The maximum atomic E-state index is 11.6. The molecule has 0 spiro atoms. The third-order valence-corrected chi connectivity index (χ3v) is 5.14. The Morgan fingerprint density at radius 3 is 2.89 bits per heavy atom. The average molecular weight is 299 g/mol. The Bertz CT molecular complexity index is 599. The molecule has 3 N–H and O–H groups in total. The number of aromatic nitrogens is 1. The highest BCUT2D eigenvalue weighted by Gasteiger charge is 2.25. The molecule has 5 nitrogen and oxygen atoms in total. The maximum Gasteiger partial charge on any atom is 0.152 e. The van der Waals surface area contributed by atoms with Gasteiger partial charge >= 0.3 is 0 Å². The summed E-state index contributed by atoms with van der Waals surface area (Å²) in [6.45, 7) is 1.87. The maximum absolute atomic E-state index is 11.6. The van der Waals surface area contributed by atoms with E-state index in [1.54, 1.807) is 0 Å². The Morgan fingerprint density at radius 2 is 2.26 bits per heavy atom. The Balaban J connectivity index is 2.23. The molecular formula is C12H17N3O2S2. The van der Waals surface area contributed by atoms with E-state index in [-0.39, 0.29) is 22.5 Å². The highest BCUT2D eigenvalue weighted by atomic mass is 32.2. The first kappa shape index (κ1) is 14.2. The summed E-state index contributed by atoms with van der Waals surface area (Å²) in [6, 6.07) is 3.52. The molecule has 1 aliphatic rings. The van der Waals surface area contributed by atoms with Crippen molar-refractivity contribution in [2.45, 2.75) is 25.8 Å². The number of anilines is 1. The lowest BCUT2D eigenvalue weighted by atomic mass is 10.1. The topological polar surface area (TPSA) is 85.1 Å². The molecule has 19 heavy (non-hydrogen) atoms. The molecule has 2 rings (SSSR count). The van der Waals surface area contributed by atoms with Crippen molar-refractivity contribution in [3.05, 3.63) is 23.4 Å². The van der Waals surface area contributed by atoms with E-state index in [1.165, 1.54) is 0 Å². The first-order chi connectivity index (χ1) is 8.87. The molecule has 1 aromatic rings. The molecule has 0 aliphatic carbocycles. The summed E-state index contributed by atoms with van der Waals surface area (Å²) in [5, 5.41) is 3.17. The highest BCUT2D eigenvalue weighted by molar-refractivity contribution is 7.91. The second-order valence-electron chi connectivity index (χ2n) is 4.81. The van der Waals surface area contributed by atoms with Crippen LogP contribution < -0.4 is 11.1 Å². The molecule has 1 aromatic heterocycles. The van der Waals surface area contributed by atoms with E-state index < -0.39 is 9.84 Å². The SMILES string of the molecule is Cc1ccc(C(N)=S)c(NC2CCCS(=O)(=O)C2)n1. The normalized spacial score (nSPS) is 21.8. The average Bonchev–Trinajstić information content (AvgIpc) is 2.27. The predicted octanol–water partition coefficient (Wildman–Crippen LogP) is 1.01. The number of hydrogen-bond acceptors (Lipinski definition) is 5. The van der Waals surface area contributed by atoms with Gasteiger partial charge < -0.3 is 11.1 Å². The lowest BCUT2D eigenvalue weighted by Gasteiger charge is -2.24. The summed E-state index contributed by atoms with van der Waals surface area (Å²) in [5.41, 5.74) is 7.15. The largest absolute Gasteiger partial charge is 0.389 e. The van der Waals surface area contributed by atoms with Gasteiger partial charge in [-0.3, -0.25) is 0 Å². The fourth-order valence-electron chi connectivity index (χ4n) is 2.20. The molecule has 1 atom stereocenters. The van der Waals surface area contributed by atoms with E-state index in [4.69, 9.17) is 18.0 Å². The summed E-state index contributed by atoms with van der Waals surface area (Å²) in [7, 11) is -2.95. The molecule has 1 unspecified atom stereocenters. The van der Waals surface area contributed by atoms with Gasteiger partial charge in [-0.05, 0) is 31.9 Å². The predicted molar refractivity (Wildman–Crippen MR) is 80.2 cm³/mol. The summed E-state index contributed by atoms with van der Waals surface area (Å²) in [6.07, 6.45) is 1.49. The van der Waals surface area contributed by atoms with Crippen LogP contribution in [0.3, 0.4) is 0 Å². The first-order valence-corrected chi connectivity index (χ1v) is 8.35. The number of nitrogens with one attached hydrogen (secondary N) is 1. The summed E-state index contributed by atoms with van der Waals surface area (Å²) in [5.74, 6) is 0.989. The van der Waals surface area contributed by atoms with Gasteiger partial charge in [0, 0.05) is 11.7 Å². The number of pyridine rings is 1. The molecule has 2 heterocycles. The monoisotopic (exact) mass is 299 g/mol. The molecule has 0 aromatic carbocycles. The summed E-state index contributed by atoms with van der Waals surface area (Å²) >= 11 is 4.99. The van der Waals surface area contributed by atoms with Crippen LogP contribution in [0.5, 0.6) is 0 Å². The van der Waals surface area contributed by atoms with Crippen LogP contribution in [0.2, 0.25) is 0 Å². The molecule has 1 fully saturated rings. The van der Waals surface area contributed by atoms with Gasteiger partial charge in [0.2, 0.25) is 0 Å². The van der Waals surface area contributed by atoms with Gasteiger partial charge in [-0.15, -0.1) is 0 Å². The number of aryl methyl sites for hydroxylation is 1. The second kappa shape index (κ2) is 5.42. The van der Waals surface area contributed by atoms with Crippen molar-refractivity contribution in [1.82, 2.24) is 4.98 Å². The smallest absolute Gasteiger partial charge is 0.152 e. The van der Waals surface area contributed by atoms with Gasteiger partial charge in [-0.2, -0.15) is 0 Å². The number of nitrogens with zero attached hydrogens (tertiary/aromatic N) is 1. The zero-order chi connectivity index (χ0) is 14.0. The highest BCUT2D eigenvalue weighted by Crippen LogP contribution is 2.19. The molecule has 0 bridgehead atoms. The number of rotatable bonds is 3. The number of hydrogen-bond donors (Lipinski definition) is 2. The van der Waals surface area contributed by atoms with Gasteiger partial charge in [0.1, 0.15) is 10.8 Å². The zero-order valence-electron chi connectivity index (χ0n) is 10.7.